The molecule has 1 N–H and O–H groups in total. The van der Waals surface area contributed by atoms with Gasteiger partial charge in [0.25, 0.3) is 5.89 Å². The Kier molecular flexibility index (Phi) is 3.59. The van der Waals surface area contributed by atoms with Gasteiger partial charge in [0.05, 0.1) is 0 Å². The lowest BCUT2D eigenvalue weighted by Gasteiger charge is -2.07. The quantitative estimate of drug-likeness (QED) is 0.611. The summed E-state index contributed by atoms with van der Waals surface area (Å²) in [5, 5.41) is 15.4. The minimum atomic E-state index is 0.192. The Balaban J connectivity index is 1.53. The smallest absolute Gasteiger partial charge is 0.258 e. The fourth-order valence-electron chi connectivity index (χ4n) is 2.50. The molecule has 5 heteroatoms. The molecule has 1 aromatic heterocycles. The largest absolute Gasteiger partial charge is 0.508 e. The third kappa shape index (κ3) is 2.79. The van der Waals surface area contributed by atoms with E-state index in [2.05, 4.69) is 10.1 Å². The zero-order chi connectivity index (χ0) is 16.4. The summed E-state index contributed by atoms with van der Waals surface area (Å²) in [7, 11) is 0. The van der Waals surface area contributed by atoms with Crippen molar-refractivity contribution in [2.24, 2.45) is 0 Å². The van der Waals surface area contributed by atoms with Crippen molar-refractivity contribution < 1.29 is 14.4 Å². The highest BCUT2D eigenvalue weighted by molar-refractivity contribution is 5.88. The number of aromatic hydroxyl groups is 1. The Bertz CT molecular complexity index is 972. The van der Waals surface area contributed by atoms with Crippen LogP contribution in [0.3, 0.4) is 0 Å². The predicted molar refractivity (Wildman–Crippen MR) is 89.7 cm³/mol. The van der Waals surface area contributed by atoms with Crippen molar-refractivity contribution in [3.05, 3.63) is 72.6 Å². The second-order valence-electron chi connectivity index (χ2n) is 5.33. The first-order valence-corrected chi connectivity index (χ1v) is 7.52. The van der Waals surface area contributed by atoms with Gasteiger partial charge in [-0.1, -0.05) is 41.6 Å². The molecule has 4 aromatic rings. The molecule has 0 aliphatic carbocycles. The summed E-state index contributed by atoms with van der Waals surface area (Å²) in [6.07, 6.45) is 0. The number of fused-ring (bicyclic) bond motifs is 1. The summed E-state index contributed by atoms with van der Waals surface area (Å²) in [6.45, 7) is 0.218. The van der Waals surface area contributed by atoms with Crippen molar-refractivity contribution in [2.75, 3.05) is 0 Å². The topological polar surface area (TPSA) is 68.4 Å². The Hall–Kier alpha value is -3.34. The van der Waals surface area contributed by atoms with Gasteiger partial charge >= 0.3 is 0 Å². The molecule has 0 atom stereocenters. The number of phenols is 1. The number of rotatable bonds is 4. The van der Waals surface area contributed by atoms with E-state index in [1.165, 1.54) is 0 Å². The van der Waals surface area contributed by atoms with Crippen LogP contribution < -0.4 is 4.74 Å². The molecule has 5 nitrogen and oxygen atoms in total. The fraction of sp³-hybridized carbons (Fsp3) is 0.0526. The molecule has 0 bridgehead atoms. The van der Waals surface area contributed by atoms with Gasteiger partial charge in [-0.25, -0.2) is 0 Å². The van der Waals surface area contributed by atoms with E-state index in [9.17, 15) is 5.11 Å². The van der Waals surface area contributed by atoms with Crippen LogP contribution in [0.5, 0.6) is 11.5 Å². The number of ether oxygens (including phenoxy) is 1. The zero-order valence-electron chi connectivity index (χ0n) is 12.7. The van der Waals surface area contributed by atoms with Crippen LogP contribution in [-0.2, 0) is 6.61 Å². The molecule has 0 saturated heterocycles. The van der Waals surface area contributed by atoms with Crippen molar-refractivity contribution in [3.63, 3.8) is 0 Å². The molecule has 0 spiro atoms. The molecule has 0 unspecified atom stereocenters. The summed E-state index contributed by atoms with van der Waals surface area (Å²) in [6, 6.07) is 20.5. The third-order valence-corrected chi connectivity index (χ3v) is 3.69. The SMILES string of the molecule is Oc1ccc(-c2nc(COc3cccc4ccccc34)no2)cc1. The number of hydrogen-bond donors (Lipinski definition) is 1. The highest BCUT2D eigenvalue weighted by Crippen LogP contribution is 2.26. The van der Waals surface area contributed by atoms with Gasteiger partial charge in [0, 0.05) is 10.9 Å². The van der Waals surface area contributed by atoms with Gasteiger partial charge in [0.2, 0.25) is 5.82 Å². The van der Waals surface area contributed by atoms with Gasteiger partial charge in [0.1, 0.15) is 11.5 Å². The number of benzene rings is 3. The Morgan fingerprint density at radius 3 is 2.58 bits per heavy atom. The highest BCUT2D eigenvalue weighted by atomic mass is 16.5. The molecule has 4 rings (SSSR count). The van der Waals surface area contributed by atoms with Gasteiger partial charge in [-0.15, -0.1) is 0 Å². The van der Waals surface area contributed by atoms with Crippen molar-refractivity contribution in [3.8, 4) is 23.0 Å². The Labute approximate surface area is 138 Å². The minimum absolute atomic E-state index is 0.192. The van der Waals surface area contributed by atoms with Crippen LogP contribution in [0.2, 0.25) is 0 Å². The number of nitrogens with zero attached hydrogens (tertiary/aromatic N) is 2. The molecule has 0 saturated carbocycles. The van der Waals surface area contributed by atoms with Crippen molar-refractivity contribution in [2.45, 2.75) is 6.61 Å². The molecular formula is C19H14N2O3. The number of aromatic nitrogens is 2. The maximum absolute atomic E-state index is 9.32. The number of phenolic OH excluding ortho intramolecular Hbond substituents is 1. The monoisotopic (exact) mass is 318 g/mol. The number of hydrogen-bond acceptors (Lipinski definition) is 5. The summed E-state index contributed by atoms with van der Waals surface area (Å²) in [4.78, 5) is 4.32. The second kappa shape index (κ2) is 6.04. The first-order valence-electron chi connectivity index (χ1n) is 7.52. The van der Waals surface area contributed by atoms with E-state index < -0.39 is 0 Å². The van der Waals surface area contributed by atoms with Gasteiger partial charge < -0.3 is 14.4 Å². The van der Waals surface area contributed by atoms with Crippen molar-refractivity contribution >= 4 is 10.8 Å². The molecule has 1 heterocycles. The molecule has 0 amide bonds. The van der Waals surface area contributed by atoms with E-state index in [0.29, 0.717) is 11.7 Å². The Morgan fingerprint density at radius 2 is 1.71 bits per heavy atom. The van der Waals surface area contributed by atoms with Crippen LogP contribution >= 0.6 is 0 Å². The van der Waals surface area contributed by atoms with Gasteiger partial charge in [0.15, 0.2) is 6.61 Å². The molecule has 0 fully saturated rings. The summed E-state index contributed by atoms with van der Waals surface area (Å²) in [5.41, 5.74) is 0.747. The molecule has 0 aliphatic heterocycles. The van der Waals surface area contributed by atoms with Crippen LogP contribution in [0, 0.1) is 0 Å². The van der Waals surface area contributed by atoms with Crippen LogP contribution in [0.4, 0.5) is 0 Å². The summed E-state index contributed by atoms with van der Waals surface area (Å²) in [5.74, 6) is 1.83. The second-order valence-corrected chi connectivity index (χ2v) is 5.33. The van der Waals surface area contributed by atoms with Crippen LogP contribution in [0.15, 0.2) is 71.3 Å². The minimum Gasteiger partial charge on any atom is -0.508 e. The maximum Gasteiger partial charge on any atom is 0.258 e. The molecule has 0 aliphatic rings. The summed E-state index contributed by atoms with van der Waals surface area (Å²) < 4.78 is 11.1. The van der Waals surface area contributed by atoms with Crippen LogP contribution in [0.1, 0.15) is 5.82 Å². The van der Waals surface area contributed by atoms with E-state index in [4.69, 9.17) is 9.26 Å². The zero-order valence-corrected chi connectivity index (χ0v) is 12.7. The molecule has 118 valence electrons. The van der Waals surface area contributed by atoms with Crippen LogP contribution in [-0.4, -0.2) is 15.2 Å². The lowest BCUT2D eigenvalue weighted by atomic mass is 10.1. The van der Waals surface area contributed by atoms with E-state index >= 15 is 0 Å². The lowest BCUT2D eigenvalue weighted by molar-refractivity contribution is 0.290. The molecule has 24 heavy (non-hydrogen) atoms. The van der Waals surface area contributed by atoms with E-state index in [1.54, 1.807) is 24.3 Å². The summed E-state index contributed by atoms with van der Waals surface area (Å²) >= 11 is 0. The maximum atomic E-state index is 9.32. The Morgan fingerprint density at radius 1 is 0.917 bits per heavy atom. The van der Waals surface area contributed by atoms with Crippen LogP contribution in [0.25, 0.3) is 22.2 Å². The fourth-order valence-corrected chi connectivity index (χ4v) is 2.50. The van der Waals surface area contributed by atoms with E-state index in [0.717, 1.165) is 22.1 Å². The molecule has 0 radical (unpaired) electrons. The third-order valence-electron chi connectivity index (χ3n) is 3.69. The highest BCUT2D eigenvalue weighted by Gasteiger charge is 2.10. The van der Waals surface area contributed by atoms with Gasteiger partial charge in [-0.05, 0) is 35.7 Å². The van der Waals surface area contributed by atoms with E-state index in [-0.39, 0.29) is 12.4 Å². The van der Waals surface area contributed by atoms with Crippen molar-refractivity contribution in [1.82, 2.24) is 10.1 Å². The van der Waals surface area contributed by atoms with E-state index in [1.807, 2.05) is 42.5 Å². The molecule has 3 aromatic carbocycles. The average molecular weight is 318 g/mol. The van der Waals surface area contributed by atoms with Gasteiger partial charge in [-0.2, -0.15) is 4.98 Å². The average Bonchev–Trinajstić information content (AvgIpc) is 3.09. The van der Waals surface area contributed by atoms with Gasteiger partial charge in [-0.3, -0.25) is 0 Å². The first kappa shape index (κ1) is 14.3. The molecular weight excluding hydrogens is 304 g/mol. The lowest BCUT2D eigenvalue weighted by Crippen LogP contribution is -1.98. The van der Waals surface area contributed by atoms with Crippen molar-refractivity contribution in [1.29, 1.82) is 0 Å². The standard InChI is InChI=1S/C19H14N2O3/c22-15-10-8-14(9-11-15)19-20-18(21-24-19)12-23-17-7-3-5-13-4-1-2-6-16(13)17/h1-11,22H,12H2. The first-order chi connectivity index (χ1) is 11.8. The normalized spacial score (nSPS) is 10.8. The predicted octanol–water partition coefficient (Wildman–Crippen LogP) is 4.17.